The Bertz CT molecular complexity index is 1560. The van der Waals surface area contributed by atoms with Crippen LogP contribution < -0.4 is 29.6 Å². The lowest BCUT2D eigenvalue weighted by atomic mass is 10.2. The van der Waals surface area contributed by atoms with Gasteiger partial charge < -0.3 is 34.5 Å². The molecule has 2 aromatic carbocycles. The number of nitrogen functional groups attached to an aromatic ring is 1. The fourth-order valence-electron chi connectivity index (χ4n) is 3.31. The van der Waals surface area contributed by atoms with E-state index in [2.05, 4.69) is 9.97 Å². The van der Waals surface area contributed by atoms with Crippen LogP contribution in [0.3, 0.4) is 0 Å². The van der Waals surface area contributed by atoms with E-state index >= 15 is 0 Å². The number of fused-ring (bicyclic) bond motifs is 2. The molecule has 1 unspecified atom stereocenters. The summed E-state index contributed by atoms with van der Waals surface area (Å²) in [7, 11) is 2.47. The maximum atomic E-state index is 13.5. The molecular formula is C23H25N5O5. The van der Waals surface area contributed by atoms with E-state index in [1.165, 1.54) is 20.3 Å². The number of hydrogen-bond donors (Lipinski definition) is 1. The Morgan fingerprint density at radius 1 is 1.21 bits per heavy atom. The Hall–Kier alpha value is -3.95. The Labute approximate surface area is 203 Å². The molecule has 1 saturated heterocycles. The Morgan fingerprint density at radius 2 is 1.94 bits per heavy atom. The number of nitrogens with zero attached hydrogens (tertiary/aromatic N) is 4. The number of hydrogen-bond acceptors (Lipinski definition) is 9. The molecule has 172 valence electrons. The van der Waals surface area contributed by atoms with Crippen LogP contribution in [-0.4, -0.2) is 73.8 Å². The number of ether oxygens (including phenoxy) is 4. The maximum Gasteiger partial charge on any atom is 0.267 e. The molecule has 0 spiro atoms. The van der Waals surface area contributed by atoms with Crippen LogP contribution in [0, 0.1) is 0 Å². The van der Waals surface area contributed by atoms with Gasteiger partial charge in [-0.1, -0.05) is 12.1 Å². The molecule has 0 aliphatic carbocycles. The smallest absolute Gasteiger partial charge is 0.267 e. The second-order valence-electron chi connectivity index (χ2n) is 6.96. The number of benzene rings is 2. The van der Waals surface area contributed by atoms with Crippen LogP contribution in [-0.2, 0) is 4.79 Å². The van der Waals surface area contributed by atoms with Crippen molar-refractivity contribution in [2.45, 2.75) is 6.08 Å². The van der Waals surface area contributed by atoms with Crippen LogP contribution in [0.4, 0.5) is 11.8 Å². The third-order valence-electron chi connectivity index (χ3n) is 4.97. The molecule has 33 heavy (non-hydrogen) atoms. The fraction of sp³-hybridized carbons (Fsp3) is 0.348. The number of carbonyl (C=O) groups excluding carboxylic acids is 1. The minimum absolute atomic E-state index is 0.0317. The summed E-state index contributed by atoms with van der Waals surface area (Å²) in [5.74, 6) is -2.12. The quantitative estimate of drug-likeness (QED) is 0.608. The summed E-state index contributed by atoms with van der Waals surface area (Å²) in [6, 6.07) is 5.59. The van der Waals surface area contributed by atoms with Crippen molar-refractivity contribution in [2.75, 3.05) is 57.5 Å². The van der Waals surface area contributed by atoms with Crippen LogP contribution >= 0.6 is 0 Å². The molecule has 2 aliphatic heterocycles. The van der Waals surface area contributed by atoms with E-state index in [4.69, 9.17) is 31.4 Å². The molecule has 0 radical (unpaired) electrons. The van der Waals surface area contributed by atoms with Crippen molar-refractivity contribution in [2.24, 2.45) is 0 Å². The summed E-state index contributed by atoms with van der Waals surface area (Å²) in [4.78, 5) is 23.1. The van der Waals surface area contributed by atoms with Crippen molar-refractivity contribution >= 4 is 28.6 Å². The fourth-order valence-corrected chi connectivity index (χ4v) is 3.31. The first-order chi connectivity index (χ1) is 19.6. The highest BCUT2D eigenvalue weighted by Gasteiger charge is 2.33. The number of piperazine rings is 1. The number of amides is 1. The normalized spacial score (nSPS) is 26.8. The first-order valence-electron chi connectivity index (χ1n) is 14.3. The summed E-state index contributed by atoms with van der Waals surface area (Å²) in [5.41, 5.74) is -0.284. The van der Waals surface area contributed by atoms with E-state index in [0.717, 1.165) is 4.90 Å². The van der Waals surface area contributed by atoms with Crippen molar-refractivity contribution in [1.82, 2.24) is 14.9 Å². The number of aromatic nitrogens is 2. The number of nitrogens with two attached hydrogens (primary N) is 1. The van der Waals surface area contributed by atoms with E-state index < -0.39 is 68.5 Å². The first kappa shape index (κ1) is 12.9. The highest BCUT2D eigenvalue weighted by atomic mass is 16.6. The van der Waals surface area contributed by atoms with Crippen molar-refractivity contribution in [3.8, 4) is 23.0 Å². The highest BCUT2D eigenvalue weighted by Crippen LogP contribution is 2.34. The molecule has 3 aromatic rings. The Morgan fingerprint density at radius 3 is 2.67 bits per heavy atom. The molecule has 10 nitrogen and oxygen atoms in total. The lowest BCUT2D eigenvalue weighted by Gasteiger charge is -2.37. The van der Waals surface area contributed by atoms with Crippen molar-refractivity contribution in [1.29, 1.82) is 0 Å². The van der Waals surface area contributed by atoms with Gasteiger partial charge in [0.25, 0.3) is 5.91 Å². The zero-order valence-corrected chi connectivity index (χ0v) is 17.7. The van der Waals surface area contributed by atoms with E-state index in [1.54, 1.807) is 18.2 Å². The predicted octanol–water partition coefficient (Wildman–Crippen LogP) is 1.72. The maximum absolute atomic E-state index is 13.5. The zero-order valence-electron chi connectivity index (χ0n) is 26.7. The molecule has 3 heterocycles. The van der Waals surface area contributed by atoms with Crippen LogP contribution in [0.1, 0.15) is 9.60 Å². The number of carbonyl (C=O) groups is 1. The minimum atomic E-state index is -2.70. The number of methoxy groups -OCH3 is 2. The van der Waals surface area contributed by atoms with Crippen LogP contribution in [0.5, 0.6) is 23.0 Å². The first-order valence-corrected chi connectivity index (χ1v) is 9.86. The summed E-state index contributed by atoms with van der Waals surface area (Å²) in [6.45, 7) is -7.42. The van der Waals surface area contributed by atoms with Crippen molar-refractivity contribution in [3.05, 3.63) is 36.4 Å². The van der Waals surface area contributed by atoms with Gasteiger partial charge in [-0.05, 0) is 18.2 Å². The second kappa shape index (κ2) is 8.53. The van der Waals surface area contributed by atoms with Gasteiger partial charge in [-0.3, -0.25) is 4.79 Å². The summed E-state index contributed by atoms with van der Waals surface area (Å²) in [6.07, 6.45) is -2.31. The minimum Gasteiger partial charge on any atom is -0.493 e. The number of anilines is 2. The lowest BCUT2D eigenvalue weighted by Crippen LogP contribution is -2.54. The summed E-state index contributed by atoms with van der Waals surface area (Å²) in [5, 5.41) is -0.243. The topological polar surface area (TPSA) is 112 Å². The molecule has 2 N–H and O–H groups in total. The third-order valence-corrected chi connectivity index (χ3v) is 4.97. The molecule has 1 atom stereocenters. The predicted molar refractivity (Wildman–Crippen MR) is 122 cm³/mol. The van der Waals surface area contributed by atoms with Gasteiger partial charge in [0.1, 0.15) is 12.4 Å². The van der Waals surface area contributed by atoms with Gasteiger partial charge in [-0.15, -0.1) is 0 Å². The molecule has 0 bridgehead atoms. The van der Waals surface area contributed by atoms with Gasteiger partial charge >= 0.3 is 0 Å². The number of rotatable bonds is 5. The molecule has 1 fully saturated rings. The van der Waals surface area contributed by atoms with Crippen LogP contribution in [0.25, 0.3) is 10.9 Å². The van der Waals surface area contributed by atoms with Crippen LogP contribution in [0.15, 0.2) is 36.4 Å². The molecule has 1 aromatic heterocycles. The van der Waals surface area contributed by atoms with Crippen LogP contribution in [0.2, 0.25) is 2.82 Å². The van der Waals surface area contributed by atoms with Crippen molar-refractivity contribution in [3.63, 3.8) is 0 Å². The molecule has 0 saturated carbocycles. The Balaban J connectivity index is 1.56. The standard InChI is InChI=1S/C23H25N5O5/c1-30-18-11-14-15(12-19(18)31-2)25-23(26-21(14)24)28-9-7-27(8-10-28)22(29)20-13-32-16-5-3-4-6-17(16)33-20/h3-6,11-12,20H,7-10,13H2,1-2H3,(H2,24,25,26)/i9D2,10D2,11D,12D,20D/hD2. The third kappa shape index (κ3) is 3.88. The molecule has 2 aliphatic rings. The van der Waals surface area contributed by atoms with Gasteiger partial charge in [0, 0.05) is 37.5 Å². The molecule has 5 rings (SSSR count). The van der Waals surface area contributed by atoms with Crippen molar-refractivity contribution < 1.29 is 36.2 Å². The summed E-state index contributed by atoms with van der Waals surface area (Å²) >= 11 is 0. The van der Waals surface area contributed by atoms with E-state index in [-0.39, 0.29) is 33.9 Å². The zero-order chi connectivity index (χ0) is 30.8. The SMILES string of the molecule is [2H]c1c(OC)c(OC)c([2H])c2c(N([2H])[2H])nc(N3C([2H])([2H])CN(C(=O)C4([2H])COc5ccccc5O4)CC3([2H])[2H])nc12. The number of para-hydroxylation sites is 2. The van der Waals surface area contributed by atoms with Gasteiger partial charge in [-0.2, -0.15) is 4.98 Å². The van der Waals surface area contributed by atoms with Gasteiger partial charge in [0.15, 0.2) is 25.8 Å². The van der Waals surface area contributed by atoms with Gasteiger partial charge in [0.2, 0.25) is 12.0 Å². The van der Waals surface area contributed by atoms with Gasteiger partial charge in [-0.25, -0.2) is 4.98 Å². The lowest BCUT2D eigenvalue weighted by molar-refractivity contribution is -0.141. The second-order valence-corrected chi connectivity index (χ2v) is 6.96. The average molecular weight is 461 g/mol. The monoisotopic (exact) mass is 460 g/mol. The summed E-state index contributed by atoms with van der Waals surface area (Å²) < 4.78 is 97.8. The molecular weight excluding hydrogens is 426 g/mol. The average Bonchev–Trinajstić information content (AvgIpc) is 2.92. The molecule has 1 amide bonds. The van der Waals surface area contributed by atoms with Gasteiger partial charge in [0.05, 0.1) is 29.3 Å². The highest BCUT2D eigenvalue weighted by molar-refractivity contribution is 5.91. The largest absolute Gasteiger partial charge is 0.493 e. The Kier molecular flexibility index (Phi) is 3.34. The molecule has 10 heteroatoms. The van der Waals surface area contributed by atoms with E-state index in [9.17, 15) is 4.79 Å². The van der Waals surface area contributed by atoms with E-state index in [1.807, 2.05) is 0 Å². The van der Waals surface area contributed by atoms with E-state index in [0.29, 0.717) is 10.6 Å².